The average Bonchev–Trinajstić information content (AvgIpc) is 3.22. The van der Waals surface area contributed by atoms with E-state index >= 15 is 0 Å². The predicted octanol–water partition coefficient (Wildman–Crippen LogP) is 3.49. The monoisotopic (exact) mass is 471 g/mol. The number of hydrogen-bond acceptors (Lipinski definition) is 9. The van der Waals surface area contributed by atoms with Crippen LogP contribution in [-0.4, -0.2) is 42.9 Å². The fraction of sp³-hybridized carbons (Fsp3) is 0.286. The number of thiazole rings is 1. The van der Waals surface area contributed by atoms with Gasteiger partial charge in [-0.15, -0.1) is 0 Å². The summed E-state index contributed by atoms with van der Waals surface area (Å²) in [4.78, 5) is 13.0. The SMILES string of the molecule is O=S(=O)(NC1CCCCO1)c1nc(OCNc2nc3ccccc3s2)c2ccccc2n1. The molecule has 5 rings (SSSR count). The van der Waals surface area contributed by atoms with Crippen LogP contribution in [0.4, 0.5) is 5.13 Å². The Balaban J connectivity index is 1.37. The predicted molar refractivity (Wildman–Crippen MR) is 122 cm³/mol. The van der Waals surface area contributed by atoms with Crippen LogP contribution in [0.1, 0.15) is 19.3 Å². The van der Waals surface area contributed by atoms with E-state index in [0.29, 0.717) is 29.1 Å². The Kier molecular flexibility index (Phi) is 5.87. The maximum Gasteiger partial charge on any atom is 0.278 e. The highest BCUT2D eigenvalue weighted by molar-refractivity contribution is 7.89. The van der Waals surface area contributed by atoms with Crippen molar-refractivity contribution < 1.29 is 17.9 Å². The second-order valence-corrected chi connectivity index (χ2v) is 9.90. The minimum atomic E-state index is -3.98. The number of nitrogens with one attached hydrogen (secondary N) is 2. The molecule has 0 bridgehead atoms. The summed E-state index contributed by atoms with van der Waals surface area (Å²) in [6.45, 7) is 0.594. The van der Waals surface area contributed by atoms with Gasteiger partial charge in [0.15, 0.2) is 11.9 Å². The first-order chi connectivity index (χ1) is 15.6. The van der Waals surface area contributed by atoms with Crippen LogP contribution in [0, 0.1) is 0 Å². The van der Waals surface area contributed by atoms with E-state index in [1.807, 2.05) is 30.3 Å². The number of ether oxygens (including phenoxy) is 2. The number of rotatable bonds is 7. The van der Waals surface area contributed by atoms with Crippen LogP contribution in [0.25, 0.3) is 21.1 Å². The Morgan fingerprint density at radius 2 is 1.84 bits per heavy atom. The van der Waals surface area contributed by atoms with Gasteiger partial charge in [0.25, 0.3) is 15.2 Å². The van der Waals surface area contributed by atoms with Gasteiger partial charge in [0.1, 0.15) is 6.23 Å². The highest BCUT2D eigenvalue weighted by Crippen LogP contribution is 2.27. The van der Waals surface area contributed by atoms with Gasteiger partial charge in [-0.2, -0.15) is 9.71 Å². The van der Waals surface area contributed by atoms with Crippen LogP contribution in [0.2, 0.25) is 0 Å². The summed E-state index contributed by atoms with van der Waals surface area (Å²) < 4.78 is 40.7. The molecule has 0 amide bonds. The zero-order chi connectivity index (χ0) is 22.0. The maximum absolute atomic E-state index is 12.9. The molecule has 32 heavy (non-hydrogen) atoms. The zero-order valence-electron chi connectivity index (χ0n) is 17.0. The molecule has 0 radical (unpaired) electrons. The average molecular weight is 472 g/mol. The largest absolute Gasteiger partial charge is 0.456 e. The molecule has 3 heterocycles. The van der Waals surface area contributed by atoms with Crippen molar-refractivity contribution in [2.75, 3.05) is 18.7 Å². The molecular formula is C21H21N5O4S2. The summed E-state index contributed by atoms with van der Waals surface area (Å²) in [5, 5.41) is 4.08. The van der Waals surface area contributed by atoms with E-state index in [-0.39, 0.29) is 17.8 Å². The number of fused-ring (bicyclic) bond motifs is 2. The number of hydrogen-bond donors (Lipinski definition) is 2. The standard InChI is InChI=1S/C21H21N5O4S2/c27-32(28,26-18-11-5-6-12-29-18)21-24-15-8-2-1-7-14(15)19(25-21)30-13-22-20-23-16-9-3-4-10-17(16)31-20/h1-4,7-10,18,26H,5-6,11-13H2,(H,22,23). The summed E-state index contributed by atoms with van der Waals surface area (Å²) >= 11 is 1.51. The van der Waals surface area contributed by atoms with Gasteiger partial charge < -0.3 is 14.8 Å². The third kappa shape index (κ3) is 4.51. The van der Waals surface area contributed by atoms with Gasteiger partial charge in [-0.1, -0.05) is 35.6 Å². The molecule has 1 aliphatic rings. The topological polar surface area (TPSA) is 115 Å². The van der Waals surface area contributed by atoms with Crippen molar-refractivity contribution in [3.8, 4) is 5.88 Å². The molecular weight excluding hydrogens is 450 g/mol. The number of nitrogens with zero attached hydrogens (tertiary/aromatic N) is 3. The number of anilines is 1. The van der Waals surface area contributed by atoms with Crippen molar-refractivity contribution >= 4 is 47.6 Å². The van der Waals surface area contributed by atoms with Crippen molar-refractivity contribution in [2.24, 2.45) is 0 Å². The third-order valence-electron chi connectivity index (χ3n) is 4.98. The molecule has 9 nitrogen and oxygen atoms in total. The highest BCUT2D eigenvalue weighted by atomic mass is 32.2. The first-order valence-corrected chi connectivity index (χ1v) is 12.5. The fourth-order valence-electron chi connectivity index (χ4n) is 3.43. The van der Waals surface area contributed by atoms with E-state index in [9.17, 15) is 8.42 Å². The van der Waals surface area contributed by atoms with Gasteiger partial charge in [0, 0.05) is 6.61 Å². The normalized spacial score (nSPS) is 16.9. The second kappa shape index (κ2) is 8.94. The zero-order valence-corrected chi connectivity index (χ0v) is 18.7. The first kappa shape index (κ1) is 21.0. The van der Waals surface area contributed by atoms with Crippen LogP contribution in [0.15, 0.2) is 53.7 Å². The molecule has 4 aromatic rings. The number of para-hydroxylation sites is 2. The summed E-state index contributed by atoms with van der Waals surface area (Å²) in [5.74, 6) is 0.175. The Morgan fingerprint density at radius 1 is 1.03 bits per heavy atom. The lowest BCUT2D eigenvalue weighted by Crippen LogP contribution is -2.39. The van der Waals surface area contributed by atoms with Gasteiger partial charge >= 0.3 is 0 Å². The quantitative estimate of drug-likeness (QED) is 0.311. The summed E-state index contributed by atoms with van der Waals surface area (Å²) in [6, 6.07) is 14.9. The molecule has 0 aliphatic carbocycles. The van der Waals surface area contributed by atoms with Gasteiger partial charge in [0.2, 0.25) is 5.88 Å². The van der Waals surface area contributed by atoms with Crippen molar-refractivity contribution in [1.29, 1.82) is 0 Å². The van der Waals surface area contributed by atoms with Crippen LogP contribution < -0.4 is 14.8 Å². The first-order valence-electron chi connectivity index (χ1n) is 10.2. The van der Waals surface area contributed by atoms with Crippen molar-refractivity contribution in [1.82, 2.24) is 19.7 Å². The highest BCUT2D eigenvalue weighted by Gasteiger charge is 2.26. The third-order valence-corrected chi connectivity index (χ3v) is 7.21. The summed E-state index contributed by atoms with van der Waals surface area (Å²) in [5.41, 5.74) is 1.37. The molecule has 1 saturated heterocycles. The molecule has 2 aromatic carbocycles. The van der Waals surface area contributed by atoms with Crippen molar-refractivity contribution in [2.45, 2.75) is 30.6 Å². The molecule has 11 heteroatoms. The van der Waals surface area contributed by atoms with Crippen LogP contribution >= 0.6 is 11.3 Å². The molecule has 166 valence electrons. The lowest BCUT2D eigenvalue weighted by atomic mass is 10.2. The molecule has 0 saturated carbocycles. The molecule has 0 spiro atoms. The van der Waals surface area contributed by atoms with E-state index in [0.717, 1.165) is 23.1 Å². The summed E-state index contributed by atoms with van der Waals surface area (Å²) in [7, 11) is -3.98. The molecule has 1 unspecified atom stereocenters. The van der Waals surface area contributed by atoms with Crippen LogP contribution in [-0.2, 0) is 14.8 Å². The lowest BCUT2D eigenvalue weighted by Gasteiger charge is -2.23. The molecule has 1 aliphatic heterocycles. The van der Waals surface area contributed by atoms with Gasteiger partial charge in [-0.25, -0.2) is 18.4 Å². The van der Waals surface area contributed by atoms with E-state index in [1.54, 1.807) is 18.2 Å². The molecule has 2 N–H and O–H groups in total. The van der Waals surface area contributed by atoms with Gasteiger partial charge in [0.05, 0.1) is 21.1 Å². The number of benzene rings is 2. The fourth-order valence-corrected chi connectivity index (χ4v) is 5.34. The van der Waals surface area contributed by atoms with Crippen LogP contribution in [0.5, 0.6) is 5.88 Å². The molecule has 2 aromatic heterocycles. The Bertz CT molecular complexity index is 1320. The van der Waals surface area contributed by atoms with Gasteiger partial charge in [-0.05, 0) is 43.5 Å². The van der Waals surface area contributed by atoms with E-state index in [2.05, 4.69) is 25.0 Å². The Labute approximate surface area is 188 Å². The molecule has 1 fully saturated rings. The second-order valence-electron chi connectivity index (χ2n) is 7.26. The van der Waals surface area contributed by atoms with Gasteiger partial charge in [-0.3, -0.25) is 0 Å². The Morgan fingerprint density at radius 3 is 2.66 bits per heavy atom. The number of aromatic nitrogens is 3. The smallest absolute Gasteiger partial charge is 0.278 e. The maximum atomic E-state index is 12.9. The van der Waals surface area contributed by atoms with E-state index in [4.69, 9.17) is 9.47 Å². The van der Waals surface area contributed by atoms with Crippen molar-refractivity contribution in [3.63, 3.8) is 0 Å². The van der Waals surface area contributed by atoms with Crippen LogP contribution in [0.3, 0.4) is 0 Å². The summed E-state index contributed by atoms with van der Waals surface area (Å²) in [6.07, 6.45) is 1.86. The van der Waals surface area contributed by atoms with Crippen molar-refractivity contribution in [3.05, 3.63) is 48.5 Å². The lowest BCUT2D eigenvalue weighted by molar-refractivity contribution is 0.00945. The minimum absolute atomic E-state index is 0.0689. The molecule has 1 atom stereocenters. The van der Waals surface area contributed by atoms with E-state index in [1.165, 1.54) is 11.3 Å². The van der Waals surface area contributed by atoms with E-state index < -0.39 is 16.3 Å². The Hall–Kier alpha value is -2.86. The number of sulfonamides is 1. The minimum Gasteiger partial charge on any atom is -0.456 e.